The van der Waals surface area contributed by atoms with E-state index in [0.29, 0.717) is 10.7 Å². The Bertz CT molecular complexity index is 793. The molecule has 2 aromatic rings. The Morgan fingerprint density at radius 1 is 0.880 bits per heavy atom. The Balaban J connectivity index is 1.78. The van der Waals surface area contributed by atoms with Crippen LogP contribution < -0.4 is 10.6 Å². The fourth-order valence-electron chi connectivity index (χ4n) is 2.29. The first-order chi connectivity index (χ1) is 11.8. The second-order valence-corrected chi connectivity index (χ2v) is 7.29. The van der Waals surface area contributed by atoms with Gasteiger partial charge in [-0.3, -0.25) is 9.59 Å². The molecule has 0 spiro atoms. The van der Waals surface area contributed by atoms with Crippen LogP contribution in [0, 0.1) is 20.8 Å². The Hall–Kier alpha value is -1.98. The van der Waals surface area contributed by atoms with Crippen molar-refractivity contribution in [1.82, 2.24) is 0 Å². The zero-order valence-corrected chi connectivity index (χ0v) is 16.1. The van der Waals surface area contributed by atoms with Gasteiger partial charge in [-0.05, 0) is 50.1 Å². The highest BCUT2D eigenvalue weighted by atomic mass is 35.5. The maximum absolute atomic E-state index is 12.0. The first-order valence-corrected chi connectivity index (χ1v) is 9.39. The van der Waals surface area contributed by atoms with E-state index >= 15 is 0 Å². The Kier molecular flexibility index (Phi) is 6.91. The molecule has 0 heterocycles. The molecule has 2 rings (SSSR count). The summed E-state index contributed by atoms with van der Waals surface area (Å²) in [5, 5.41) is 6.25. The molecule has 0 saturated heterocycles. The molecular formula is C19H21ClN2O2S. The number of aryl methyl sites for hydroxylation is 3. The number of hydrogen-bond donors (Lipinski definition) is 2. The first kappa shape index (κ1) is 19.3. The lowest BCUT2D eigenvalue weighted by Gasteiger charge is -2.10. The van der Waals surface area contributed by atoms with Crippen molar-refractivity contribution in [1.29, 1.82) is 0 Å². The molecule has 2 aromatic carbocycles. The van der Waals surface area contributed by atoms with Gasteiger partial charge >= 0.3 is 0 Å². The summed E-state index contributed by atoms with van der Waals surface area (Å²) in [6, 6.07) is 11.2. The second-order valence-electron chi connectivity index (χ2n) is 5.87. The van der Waals surface area contributed by atoms with E-state index in [1.54, 1.807) is 12.1 Å². The van der Waals surface area contributed by atoms with Crippen molar-refractivity contribution in [2.75, 3.05) is 22.1 Å². The zero-order valence-electron chi connectivity index (χ0n) is 14.5. The van der Waals surface area contributed by atoms with Gasteiger partial charge in [-0.2, -0.15) is 0 Å². The average Bonchev–Trinajstić information content (AvgIpc) is 2.53. The lowest BCUT2D eigenvalue weighted by molar-refractivity contribution is -0.114. The smallest absolute Gasteiger partial charge is 0.234 e. The minimum atomic E-state index is -0.158. The van der Waals surface area contributed by atoms with E-state index in [9.17, 15) is 9.59 Å². The van der Waals surface area contributed by atoms with Crippen molar-refractivity contribution in [2.45, 2.75) is 20.8 Å². The number of thioether (sulfide) groups is 1. The summed E-state index contributed by atoms with van der Waals surface area (Å²) >= 11 is 7.21. The third-order valence-corrected chi connectivity index (χ3v) is 4.76. The van der Waals surface area contributed by atoms with Gasteiger partial charge in [0, 0.05) is 16.4 Å². The maximum Gasteiger partial charge on any atom is 0.234 e. The standard InChI is InChI=1S/C19H21ClN2O2S/c1-12-4-7-16(14(3)8-12)21-18(23)10-25-11-19(24)22-17-9-15(20)6-5-13(17)2/h4-9H,10-11H2,1-3H3,(H,21,23)(H,22,24). The molecule has 6 heteroatoms. The van der Waals surface area contributed by atoms with Crippen molar-refractivity contribution >= 4 is 46.6 Å². The summed E-state index contributed by atoms with van der Waals surface area (Å²) in [6.45, 7) is 5.86. The van der Waals surface area contributed by atoms with Crippen LogP contribution in [-0.4, -0.2) is 23.3 Å². The Labute approximate surface area is 157 Å². The largest absolute Gasteiger partial charge is 0.325 e. The minimum absolute atomic E-state index is 0.122. The lowest BCUT2D eigenvalue weighted by Crippen LogP contribution is -2.19. The maximum atomic E-state index is 12.0. The minimum Gasteiger partial charge on any atom is -0.325 e. The molecule has 132 valence electrons. The van der Waals surface area contributed by atoms with E-state index in [2.05, 4.69) is 10.6 Å². The van der Waals surface area contributed by atoms with Crippen molar-refractivity contribution in [2.24, 2.45) is 0 Å². The van der Waals surface area contributed by atoms with Gasteiger partial charge in [-0.15, -0.1) is 11.8 Å². The number of nitrogens with one attached hydrogen (secondary N) is 2. The van der Waals surface area contributed by atoms with Crippen molar-refractivity contribution in [3.8, 4) is 0 Å². The predicted octanol–water partition coefficient (Wildman–Crippen LogP) is 4.58. The fraction of sp³-hybridized carbons (Fsp3) is 0.263. The average molecular weight is 377 g/mol. The number of carbonyl (C=O) groups excluding carboxylic acids is 2. The Morgan fingerprint density at radius 2 is 1.52 bits per heavy atom. The number of rotatable bonds is 6. The van der Waals surface area contributed by atoms with Gasteiger partial charge in [0.1, 0.15) is 0 Å². The van der Waals surface area contributed by atoms with Gasteiger partial charge in [0.25, 0.3) is 0 Å². The zero-order chi connectivity index (χ0) is 18.4. The van der Waals surface area contributed by atoms with E-state index in [0.717, 1.165) is 22.4 Å². The van der Waals surface area contributed by atoms with Gasteiger partial charge < -0.3 is 10.6 Å². The van der Waals surface area contributed by atoms with Gasteiger partial charge in [0.05, 0.1) is 11.5 Å². The number of amides is 2. The number of halogens is 1. The van der Waals surface area contributed by atoms with Crippen molar-refractivity contribution in [3.63, 3.8) is 0 Å². The third kappa shape index (κ3) is 6.11. The summed E-state index contributed by atoms with van der Waals surface area (Å²) in [6.07, 6.45) is 0. The highest BCUT2D eigenvalue weighted by Crippen LogP contribution is 2.20. The van der Waals surface area contributed by atoms with Gasteiger partial charge in [-0.1, -0.05) is 35.4 Å². The van der Waals surface area contributed by atoms with Crippen molar-refractivity contribution < 1.29 is 9.59 Å². The molecule has 0 unspecified atom stereocenters. The van der Waals surface area contributed by atoms with Crippen LogP contribution >= 0.6 is 23.4 Å². The predicted molar refractivity (Wildman–Crippen MR) is 107 cm³/mol. The molecule has 0 aliphatic carbocycles. The number of carbonyl (C=O) groups is 2. The van der Waals surface area contributed by atoms with Crippen LogP contribution in [0.3, 0.4) is 0 Å². The normalized spacial score (nSPS) is 10.4. The molecular weight excluding hydrogens is 356 g/mol. The van der Waals surface area contributed by atoms with Crippen LogP contribution in [0.2, 0.25) is 5.02 Å². The molecule has 0 aliphatic rings. The Morgan fingerprint density at radius 3 is 2.16 bits per heavy atom. The molecule has 0 atom stereocenters. The number of benzene rings is 2. The summed E-state index contributed by atoms with van der Waals surface area (Å²) in [7, 11) is 0. The van der Waals surface area contributed by atoms with E-state index in [-0.39, 0.29) is 23.3 Å². The highest BCUT2D eigenvalue weighted by molar-refractivity contribution is 8.00. The van der Waals surface area contributed by atoms with Crippen molar-refractivity contribution in [3.05, 3.63) is 58.1 Å². The first-order valence-electron chi connectivity index (χ1n) is 7.86. The van der Waals surface area contributed by atoms with Crippen LogP contribution in [0.15, 0.2) is 36.4 Å². The van der Waals surface area contributed by atoms with Gasteiger partial charge in [-0.25, -0.2) is 0 Å². The van der Waals surface area contributed by atoms with E-state index in [1.807, 2.05) is 45.0 Å². The molecule has 4 nitrogen and oxygen atoms in total. The molecule has 2 N–H and O–H groups in total. The molecule has 0 saturated carbocycles. The third-order valence-electron chi connectivity index (χ3n) is 3.60. The molecule has 0 bridgehead atoms. The second kappa shape index (κ2) is 8.92. The van der Waals surface area contributed by atoms with Crippen LogP contribution in [0.1, 0.15) is 16.7 Å². The monoisotopic (exact) mass is 376 g/mol. The van der Waals surface area contributed by atoms with Crippen LogP contribution in [-0.2, 0) is 9.59 Å². The molecule has 0 aromatic heterocycles. The van der Waals surface area contributed by atoms with E-state index < -0.39 is 0 Å². The fourth-order valence-corrected chi connectivity index (χ4v) is 3.08. The number of anilines is 2. The molecule has 2 amide bonds. The molecule has 0 aliphatic heterocycles. The molecule has 0 radical (unpaired) electrons. The summed E-state index contributed by atoms with van der Waals surface area (Å²) in [5.41, 5.74) is 4.61. The molecule has 25 heavy (non-hydrogen) atoms. The van der Waals surface area contributed by atoms with Gasteiger partial charge in [0.15, 0.2) is 0 Å². The summed E-state index contributed by atoms with van der Waals surface area (Å²) < 4.78 is 0. The highest BCUT2D eigenvalue weighted by Gasteiger charge is 2.09. The van der Waals surface area contributed by atoms with Crippen LogP contribution in [0.4, 0.5) is 11.4 Å². The van der Waals surface area contributed by atoms with Crippen LogP contribution in [0.5, 0.6) is 0 Å². The van der Waals surface area contributed by atoms with E-state index in [1.165, 1.54) is 11.8 Å². The molecule has 0 fully saturated rings. The summed E-state index contributed by atoms with van der Waals surface area (Å²) in [5.74, 6) is 0.139. The SMILES string of the molecule is Cc1ccc(NC(=O)CSCC(=O)Nc2cc(Cl)ccc2C)c(C)c1. The lowest BCUT2D eigenvalue weighted by atomic mass is 10.1. The summed E-state index contributed by atoms with van der Waals surface area (Å²) in [4.78, 5) is 24.0. The van der Waals surface area contributed by atoms with Crippen LogP contribution in [0.25, 0.3) is 0 Å². The van der Waals surface area contributed by atoms with Gasteiger partial charge in [0.2, 0.25) is 11.8 Å². The topological polar surface area (TPSA) is 58.2 Å². The number of hydrogen-bond acceptors (Lipinski definition) is 3. The quantitative estimate of drug-likeness (QED) is 0.776. The van der Waals surface area contributed by atoms with E-state index in [4.69, 9.17) is 11.6 Å².